The summed E-state index contributed by atoms with van der Waals surface area (Å²) in [5.41, 5.74) is 0.374. The lowest BCUT2D eigenvalue weighted by Crippen LogP contribution is -2.21. The van der Waals surface area contributed by atoms with Gasteiger partial charge in [0.1, 0.15) is 11.4 Å². The van der Waals surface area contributed by atoms with Crippen LogP contribution < -0.4 is 4.90 Å². The maximum Gasteiger partial charge on any atom is 0.295 e. The van der Waals surface area contributed by atoms with Crippen molar-refractivity contribution in [2.24, 2.45) is 4.99 Å². The summed E-state index contributed by atoms with van der Waals surface area (Å²) in [4.78, 5) is 26.6. The molecule has 0 bridgehead atoms. The van der Waals surface area contributed by atoms with Crippen LogP contribution in [0.5, 0.6) is 5.75 Å². The second-order valence-corrected chi connectivity index (χ2v) is 5.36. The monoisotopic (exact) mass is 358 g/mol. The first kappa shape index (κ1) is 18.8. The molecule has 0 aromatic heterocycles. The number of nitro benzene ring substituents is 2. The smallest absolute Gasteiger partial charge is 0.295 e. The van der Waals surface area contributed by atoms with E-state index < -0.39 is 9.85 Å². The Morgan fingerprint density at radius 3 is 2.31 bits per heavy atom. The molecule has 136 valence electrons. The van der Waals surface area contributed by atoms with Crippen LogP contribution in [0.3, 0.4) is 0 Å². The Bertz CT molecular complexity index is 862. The summed E-state index contributed by atoms with van der Waals surface area (Å²) >= 11 is 0. The van der Waals surface area contributed by atoms with E-state index in [2.05, 4.69) is 4.99 Å². The van der Waals surface area contributed by atoms with Crippen LogP contribution in [-0.2, 0) is 0 Å². The van der Waals surface area contributed by atoms with Gasteiger partial charge in [-0.1, -0.05) is 0 Å². The zero-order valence-corrected chi connectivity index (χ0v) is 14.3. The van der Waals surface area contributed by atoms with Gasteiger partial charge in [0.25, 0.3) is 11.4 Å². The Labute approximate surface area is 149 Å². The molecule has 0 saturated carbocycles. The molecule has 0 amide bonds. The van der Waals surface area contributed by atoms with Crippen molar-refractivity contribution in [1.82, 2.24) is 0 Å². The zero-order valence-electron chi connectivity index (χ0n) is 14.3. The second kappa shape index (κ2) is 8.06. The largest absolute Gasteiger partial charge is 0.507 e. The molecule has 0 fully saturated rings. The third-order valence-electron chi connectivity index (χ3n) is 3.85. The van der Waals surface area contributed by atoms with E-state index in [1.165, 1.54) is 6.21 Å². The number of hydrogen-bond donors (Lipinski definition) is 1. The van der Waals surface area contributed by atoms with Crippen LogP contribution >= 0.6 is 0 Å². The van der Waals surface area contributed by atoms with E-state index in [4.69, 9.17) is 0 Å². The third-order valence-corrected chi connectivity index (χ3v) is 3.85. The van der Waals surface area contributed by atoms with E-state index in [1.54, 1.807) is 18.2 Å². The molecule has 9 nitrogen and oxygen atoms in total. The Kier molecular flexibility index (Phi) is 5.84. The first-order valence-electron chi connectivity index (χ1n) is 7.92. The van der Waals surface area contributed by atoms with Crippen molar-refractivity contribution < 1.29 is 15.0 Å². The summed E-state index contributed by atoms with van der Waals surface area (Å²) < 4.78 is 0. The molecule has 0 aliphatic carbocycles. The Balaban J connectivity index is 2.39. The van der Waals surface area contributed by atoms with E-state index in [0.717, 1.165) is 37.0 Å². The number of nitro groups is 2. The standard InChI is InChI=1S/C17H18N4O5/c1-3-19(4-2)13-6-5-12(17(22)10-13)11-18-15-9-14(20(23)24)7-8-16(15)21(25)26/h5-11,22H,3-4H2,1-2H3. The van der Waals surface area contributed by atoms with Crippen molar-refractivity contribution in [2.45, 2.75) is 13.8 Å². The lowest BCUT2D eigenvalue weighted by molar-refractivity contribution is -0.388. The fourth-order valence-corrected chi connectivity index (χ4v) is 2.45. The molecule has 0 saturated heterocycles. The topological polar surface area (TPSA) is 122 Å². The van der Waals surface area contributed by atoms with E-state index >= 15 is 0 Å². The number of phenols is 1. The molecule has 9 heteroatoms. The predicted molar refractivity (Wildman–Crippen MR) is 98.7 cm³/mol. The fraction of sp³-hybridized carbons (Fsp3) is 0.235. The van der Waals surface area contributed by atoms with E-state index in [0.29, 0.717) is 5.56 Å². The highest BCUT2D eigenvalue weighted by atomic mass is 16.6. The maximum absolute atomic E-state index is 11.1. The number of nitrogens with zero attached hydrogens (tertiary/aromatic N) is 4. The number of hydrogen-bond acceptors (Lipinski definition) is 7. The van der Waals surface area contributed by atoms with Crippen molar-refractivity contribution in [1.29, 1.82) is 0 Å². The van der Waals surface area contributed by atoms with Crippen LogP contribution in [0.1, 0.15) is 19.4 Å². The number of benzene rings is 2. The Morgan fingerprint density at radius 1 is 1.08 bits per heavy atom. The molecule has 1 N–H and O–H groups in total. The van der Waals surface area contributed by atoms with Gasteiger partial charge < -0.3 is 10.0 Å². The molecule has 2 aromatic rings. The lowest BCUT2D eigenvalue weighted by Gasteiger charge is -2.21. The minimum Gasteiger partial charge on any atom is -0.507 e. The SMILES string of the molecule is CCN(CC)c1ccc(C=Nc2cc([N+](=O)[O-])ccc2[N+](=O)[O-])c(O)c1. The minimum absolute atomic E-state index is 0.0359. The number of phenolic OH excluding ortho intramolecular Hbond substituents is 1. The molecule has 0 spiro atoms. The van der Waals surface area contributed by atoms with Crippen molar-refractivity contribution in [3.63, 3.8) is 0 Å². The molecule has 0 aliphatic rings. The van der Waals surface area contributed by atoms with Gasteiger partial charge in [0.05, 0.1) is 9.85 Å². The quantitative estimate of drug-likeness (QED) is 0.456. The Morgan fingerprint density at radius 2 is 1.77 bits per heavy atom. The first-order valence-corrected chi connectivity index (χ1v) is 7.92. The summed E-state index contributed by atoms with van der Waals surface area (Å²) in [5, 5.41) is 32.1. The molecule has 0 atom stereocenters. The highest BCUT2D eigenvalue weighted by molar-refractivity contribution is 5.87. The van der Waals surface area contributed by atoms with E-state index in [1.807, 2.05) is 18.7 Å². The molecule has 26 heavy (non-hydrogen) atoms. The van der Waals surface area contributed by atoms with Gasteiger partial charge in [0, 0.05) is 54.8 Å². The van der Waals surface area contributed by atoms with E-state index in [-0.39, 0.29) is 22.8 Å². The third kappa shape index (κ3) is 4.12. The number of aromatic hydroxyl groups is 1. The maximum atomic E-state index is 11.1. The summed E-state index contributed by atoms with van der Waals surface area (Å²) in [6.45, 7) is 5.56. The van der Waals surface area contributed by atoms with E-state index in [9.17, 15) is 25.3 Å². The summed E-state index contributed by atoms with van der Waals surface area (Å²) in [7, 11) is 0. The Hall–Kier alpha value is -3.49. The normalized spacial score (nSPS) is 10.8. The van der Waals surface area contributed by atoms with Crippen LogP contribution in [0, 0.1) is 20.2 Å². The van der Waals surface area contributed by atoms with Gasteiger partial charge in [-0.15, -0.1) is 0 Å². The van der Waals surface area contributed by atoms with Crippen LogP contribution in [0.4, 0.5) is 22.7 Å². The number of anilines is 1. The van der Waals surface area contributed by atoms with Crippen molar-refractivity contribution >= 4 is 29.0 Å². The van der Waals surface area contributed by atoms with Crippen LogP contribution in [0.2, 0.25) is 0 Å². The summed E-state index contributed by atoms with van der Waals surface area (Å²) in [6, 6.07) is 8.12. The number of aliphatic imine (C=N–C) groups is 1. The lowest BCUT2D eigenvalue weighted by atomic mass is 10.1. The molecule has 0 radical (unpaired) electrons. The van der Waals surface area contributed by atoms with Crippen LogP contribution in [-0.4, -0.2) is 34.3 Å². The van der Waals surface area contributed by atoms with Gasteiger partial charge in [-0.05, 0) is 26.0 Å². The number of non-ortho nitro benzene ring substituents is 1. The van der Waals surface area contributed by atoms with Gasteiger partial charge in [0.2, 0.25) is 0 Å². The number of rotatable bonds is 7. The van der Waals surface area contributed by atoms with Gasteiger partial charge >= 0.3 is 0 Å². The van der Waals surface area contributed by atoms with Crippen molar-refractivity contribution in [3.8, 4) is 5.75 Å². The van der Waals surface area contributed by atoms with Gasteiger partial charge in [-0.25, -0.2) is 4.99 Å². The van der Waals surface area contributed by atoms with Gasteiger partial charge in [-0.2, -0.15) is 0 Å². The molecular weight excluding hydrogens is 340 g/mol. The molecule has 0 heterocycles. The minimum atomic E-state index is -0.667. The molecular formula is C17H18N4O5. The van der Waals surface area contributed by atoms with Crippen molar-refractivity contribution in [3.05, 3.63) is 62.2 Å². The van der Waals surface area contributed by atoms with Crippen molar-refractivity contribution in [2.75, 3.05) is 18.0 Å². The van der Waals surface area contributed by atoms with Gasteiger partial charge in [0.15, 0.2) is 0 Å². The van der Waals surface area contributed by atoms with Crippen LogP contribution in [0.25, 0.3) is 0 Å². The van der Waals surface area contributed by atoms with Crippen LogP contribution in [0.15, 0.2) is 41.4 Å². The average molecular weight is 358 g/mol. The van der Waals surface area contributed by atoms with Gasteiger partial charge in [-0.3, -0.25) is 20.2 Å². The highest BCUT2D eigenvalue weighted by Gasteiger charge is 2.18. The summed E-state index contributed by atoms with van der Waals surface area (Å²) in [6.07, 6.45) is 1.24. The summed E-state index contributed by atoms with van der Waals surface area (Å²) in [5.74, 6) is -0.0359. The molecule has 2 rings (SSSR count). The predicted octanol–water partition coefficient (Wildman–Crippen LogP) is 3.81. The zero-order chi connectivity index (χ0) is 19.3. The highest BCUT2D eigenvalue weighted by Crippen LogP contribution is 2.32. The molecule has 2 aromatic carbocycles. The molecule has 0 unspecified atom stereocenters. The first-order chi connectivity index (χ1) is 12.4. The fourth-order valence-electron chi connectivity index (χ4n) is 2.45. The average Bonchev–Trinajstić information content (AvgIpc) is 2.61. The second-order valence-electron chi connectivity index (χ2n) is 5.36. The molecule has 0 aliphatic heterocycles.